The third-order valence-corrected chi connectivity index (χ3v) is 2.76. The molecular weight excluding hydrogens is 268 g/mol. The Morgan fingerprint density at radius 2 is 2.00 bits per heavy atom. The average molecular weight is 287 g/mol. The van der Waals surface area contributed by atoms with Crippen molar-refractivity contribution in [3.8, 4) is 0 Å². The predicted molar refractivity (Wildman–Crippen MR) is 72.8 cm³/mol. The lowest BCUT2D eigenvalue weighted by Crippen LogP contribution is -2.24. The van der Waals surface area contributed by atoms with Crippen molar-refractivity contribution in [1.82, 2.24) is 9.88 Å². The van der Waals surface area contributed by atoms with E-state index >= 15 is 0 Å². The first-order valence-corrected chi connectivity index (χ1v) is 6.07. The van der Waals surface area contributed by atoms with Gasteiger partial charge in [-0.1, -0.05) is 0 Å². The van der Waals surface area contributed by atoms with Crippen molar-refractivity contribution in [2.75, 3.05) is 44.9 Å². The Morgan fingerprint density at radius 3 is 2.56 bits per heavy atom. The Morgan fingerprint density at radius 1 is 1.31 bits per heavy atom. The summed E-state index contributed by atoms with van der Waals surface area (Å²) >= 11 is 3.35. The van der Waals surface area contributed by atoms with Crippen LogP contribution >= 0.6 is 15.9 Å². The SMILES string of the molecule is CN(C)CCCN(C)c1ncc(Br)cc1N. The van der Waals surface area contributed by atoms with Crippen molar-refractivity contribution in [3.63, 3.8) is 0 Å². The number of hydrogen-bond donors (Lipinski definition) is 1. The van der Waals surface area contributed by atoms with E-state index in [-0.39, 0.29) is 0 Å². The predicted octanol–water partition coefficient (Wildman–Crippen LogP) is 1.81. The van der Waals surface area contributed by atoms with Crippen LogP contribution in [0.3, 0.4) is 0 Å². The summed E-state index contributed by atoms with van der Waals surface area (Å²) < 4.78 is 0.912. The molecule has 0 aliphatic rings. The summed E-state index contributed by atoms with van der Waals surface area (Å²) in [5.41, 5.74) is 6.62. The number of pyridine rings is 1. The number of nitrogens with zero attached hydrogens (tertiary/aromatic N) is 3. The highest BCUT2D eigenvalue weighted by atomic mass is 79.9. The summed E-state index contributed by atoms with van der Waals surface area (Å²) in [6, 6.07) is 1.88. The van der Waals surface area contributed by atoms with Crippen LogP contribution in [0, 0.1) is 0 Å². The number of nitrogens with two attached hydrogens (primary N) is 1. The molecule has 4 nitrogen and oxygen atoms in total. The highest BCUT2D eigenvalue weighted by Crippen LogP contribution is 2.22. The van der Waals surface area contributed by atoms with Crippen molar-refractivity contribution in [1.29, 1.82) is 0 Å². The minimum absolute atomic E-state index is 0.710. The van der Waals surface area contributed by atoms with Crippen molar-refractivity contribution in [2.45, 2.75) is 6.42 Å². The highest BCUT2D eigenvalue weighted by Gasteiger charge is 2.07. The monoisotopic (exact) mass is 286 g/mol. The first-order chi connectivity index (χ1) is 7.50. The minimum atomic E-state index is 0.710. The van der Waals surface area contributed by atoms with Gasteiger partial charge < -0.3 is 15.5 Å². The molecule has 0 radical (unpaired) electrons. The smallest absolute Gasteiger partial charge is 0.151 e. The Kier molecular flexibility index (Phi) is 5.02. The zero-order chi connectivity index (χ0) is 12.1. The van der Waals surface area contributed by atoms with Gasteiger partial charge in [0.2, 0.25) is 0 Å². The van der Waals surface area contributed by atoms with Crippen LogP contribution in [0.5, 0.6) is 0 Å². The van der Waals surface area contributed by atoms with E-state index in [1.807, 2.05) is 13.1 Å². The minimum Gasteiger partial charge on any atom is -0.396 e. The summed E-state index contributed by atoms with van der Waals surface area (Å²) in [6.07, 6.45) is 2.87. The third-order valence-electron chi connectivity index (χ3n) is 2.32. The van der Waals surface area contributed by atoms with Gasteiger partial charge in [0.1, 0.15) is 0 Å². The maximum Gasteiger partial charge on any atom is 0.151 e. The number of rotatable bonds is 5. The van der Waals surface area contributed by atoms with Gasteiger partial charge in [-0.2, -0.15) is 0 Å². The molecular formula is C11H19BrN4. The number of nitrogen functional groups attached to an aromatic ring is 1. The van der Waals surface area contributed by atoms with Crippen molar-refractivity contribution >= 4 is 27.4 Å². The van der Waals surface area contributed by atoms with Crippen LogP contribution in [0.25, 0.3) is 0 Å². The third kappa shape index (κ3) is 3.98. The second-order valence-corrected chi connectivity index (χ2v) is 5.06. The van der Waals surface area contributed by atoms with Crippen LogP contribution in [-0.4, -0.2) is 44.1 Å². The van der Waals surface area contributed by atoms with Gasteiger partial charge in [0, 0.05) is 24.3 Å². The Hall–Kier alpha value is -0.810. The number of aromatic nitrogens is 1. The number of anilines is 2. The second-order valence-electron chi connectivity index (χ2n) is 4.14. The number of halogens is 1. The zero-order valence-corrected chi connectivity index (χ0v) is 11.7. The molecule has 1 heterocycles. The van der Waals surface area contributed by atoms with Crippen LogP contribution in [0.15, 0.2) is 16.7 Å². The fourth-order valence-corrected chi connectivity index (χ4v) is 1.85. The van der Waals surface area contributed by atoms with Gasteiger partial charge in [-0.15, -0.1) is 0 Å². The van der Waals surface area contributed by atoms with Gasteiger partial charge in [0.15, 0.2) is 5.82 Å². The van der Waals surface area contributed by atoms with E-state index in [0.29, 0.717) is 5.69 Å². The van der Waals surface area contributed by atoms with E-state index < -0.39 is 0 Å². The summed E-state index contributed by atoms with van der Waals surface area (Å²) in [6.45, 7) is 2.03. The van der Waals surface area contributed by atoms with E-state index in [4.69, 9.17) is 5.73 Å². The molecule has 0 aliphatic heterocycles. The first-order valence-electron chi connectivity index (χ1n) is 5.27. The molecule has 0 saturated heterocycles. The van der Waals surface area contributed by atoms with Crippen LogP contribution in [0.4, 0.5) is 11.5 Å². The average Bonchev–Trinajstić information content (AvgIpc) is 2.16. The molecule has 0 fully saturated rings. The molecule has 0 saturated carbocycles. The molecule has 0 atom stereocenters. The lowest BCUT2D eigenvalue weighted by Gasteiger charge is -2.20. The van der Waals surface area contributed by atoms with E-state index in [9.17, 15) is 0 Å². The second kappa shape index (κ2) is 6.06. The van der Waals surface area contributed by atoms with Crippen molar-refractivity contribution in [2.24, 2.45) is 0 Å². The highest BCUT2D eigenvalue weighted by molar-refractivity contribution is 9.10. The van der Waals surface area contributed by atoms with Gasteiger partial charge in [-0.3, -0.25) is 0 Å². The topological polar surface area (TPSA) is 45.4 Å². The van der Waals surface area contributed by atoms with Crippen molar-refractivity contribution < 1.29 is 0 Å². The molecule has 0 aromatic carbocycles. The van der Waals surface area contributed by atoms with Gasteiger partial charge in [0.05, 0.1) is 5.69 Å². The van der Waals surface area contributed by atoms with Crippen LogP contribution in [-0.2, 0) is 0 Å². The summed E-state index contributed by atoms with van der Waals surface area (Å²) in [7, 11) is 6.17. The van der Waals surface area contributed by atoms with E-state index in [1.165, 1.54) is 0 Å². The molecule has 90 valence electrons. The molecule has 0 unspecified atom stereocenters. The standard InChI is InChI=1S/C11H19BrN4/c1-15(2)5-4-6-16(3)11-10(13)7-9(12)8-14-11/h7-8H,4-6,13H2,1-3H3. The van der Waals surface area contributed by atoms with Gasteiger partial charge in [0.25, 0.3) is 0 Å². The van der Waals surface area contributed by atoms with E-state index in [0.717, 1.165) is 29.8 Å². The summed E-state index contributed by atoms with van der Waals surface area (Å²) in [5.74, 6) is 0.849. The van der Waals surface area contributed by atoms with Crippen LogP contribution < -0.4 is 10.6 Å². The molecule has 1 aromatic rings. The first kappa shape index (κ1) is 13.3. The Bertz CT molecular complexity index is 341. The summed E-state index contributed by atoms with van der Waals surface area (Å²) in [4.78, 5) is 8.58. The normalized spacial score (nSPS) is 10.8. The molecule has 0 bridgehead atoms. The lowest BCUT2D eigenvalue weighted by atomic mass is 10.3. The van der Waals surface area contributed by atoms with Gasteiger partial charge in [-0.25, -0.2) is 4.98 Å². The van der Waals surface area contributed by atoms with Crippen LogP contribution in [0.1, 0.15) is 6.42 Å². The molecule has 1 aromatic heterocycles. The van der Waals surface area contributed by atoms with E-state index in [2.05, 4.69) is 44.8 Å². The maximum absolute atomic E-state index is 5.91. The molecule has 5 heteroatoms. The number of hydrogen-bond acceptors (Lipinski definition) is 4. The Balaban J connectivity index is 2.55. The maximum atomic E-state index is 5.91. The summed E-state index contributed by atoms with van der Waals surface area (Å²) in [5, 5.41) is 0. The van der Waals surface area contributed by atoms with Crippen LogP contribution in [0.2, 0.25) is 0 Å². The Labute approximate surface area is 106 Å². The molecule has 0 aliphatic carbocycles. The van der Waals surface area contributed by atoms with Gasteiger partial charge >= 0.3 is 0 Å². The van der Waals surface area contributed by atoms with Crippen molar-refractivity contribution in [3.05, 3.63) is 16.7 Å². The fourth-order valence-electron chi connectivity index (χ4n) is 1.50. The molecule has 1 rings (SSSR count). The molecule has 0 spiro atoms. The molecule has 0 amide bonds. The van der Waals surface area contributed by atoms with E-state index in [1.54, 1.807) is 6.20 Å². The zero-order valence-electron chi connectivity index (χ0n) is 10.1. The van der Waals surface area contributed by atoms with Gasteiger partial charge in [-0.05, 0) is 49.1 Å². The molecule has 2 N–H and O–H groups in total. The lowest BCUT2D eigenvalue weighted by molar-refractivity contribution is 0.401. The molecule has 16 heavy (non-hydrogen) atoms. The fraction of sp³-hybridized carbons (Fsp3) is 0.545. The quantitative estimate of drug-likeness (QED) is 0.897. The largest absolute Gasteiger partial charge is 0.396 e.